The van der Waals surface area contributed by atoms with Gasteiger partial charge in [-0.15, -0.1) is 10.2 Å². The SMILES string of the molecule is C=C1N=NC(SCC(=O)Nc2ccc(Cl)c(Cl)c2)=NC1=O. The molecule has 2 amide bonds. The van der Waals surface area contributed by atoms with Crippen LogP contribution < -0.4 is 5.32 Å². The van der Waals surface area contributed by atoms with Crippen LogP contribution in [0.5, 0.6) is 0 Å². The second-order valence-electron chi connectivity index (χ2n) is 3.81. The van der Waals surface area contributed by atoms with Gasteiger partial charge >= 0.3 is 0 Å². The molecule has 0 atom stereocenters. The number of hydrogen-bond acceptors (Lipinski definition) is 5. The van der Waals surface area contributed by atoms with Gasteiger partial charge < -0.3 is 5.32 Å². The predicted molar refractivity (Wildman–Crippen MR) is 84.0 cm³/mol. The van der Waals surface area contributed by atoms with Crippen molar-refractivity contribution in [2.24, 2.45) is 15.2 Å². The number of amides is 2. The zero-order valence-electron chi connectivity index (χ0n) is 10.5. The van der Waals surface area contributed by atoms with E-state index in [9.17, 15) is 9.59 Å². The number of thioether (sulfide) groups is 1. The molecule has 1 aliphatic heterocycles. The van der Waals surface area contributed by atoms with E-state index >= 15 is 0 Å². The molecule has 1 aliphatic rings. The van der Waals surface area contributed by atoms with Gasteiger partial charge in [-0.1, -0.05) is 41.5 Å². The first-order valence-corrected chi connectivity index (χ1v) is 7.31. The fraction of sp³-hybridized carbons (Fsp3) is 0.0833. The molecule has 21 heavy (non-hydrogen) atoms. The van der Waals surface area contributed by atoms with Crippen LogP contribution in [0.15, 0.2) is 45.7 Å². The molecule has 0 aliphatic carbocycles. The zero-order chi connectivity index (χ0) is 15.4. The van der Waals surface area contributed by atoms with E-state index in [1.54, 1.807) is 12.1 Å². The van der Waals surface area contributed by atoms with E-state index in [-0.39, 0.29) is 22.5 Å². The summed E-state index contributed by atoms with van der Waals surface area (Å²) in [5, 5.41) is 10.7. The number of halogens is 2. The molecule has 0 saturated carbocycles. The molecule has 108 valence electrons. The topological polar surface area (TPSA) is 83.2 Å². The summed E-state index contributed by atoms with van der Waals surface area (Å²) >= 11 is 12.6. The summed E-state index contributed by atoms with van der Waals surface area (Å²) in [5.74, 6) is -0.830. The molecule has 0 spiro atoms. The Kier molecular flexibility index (Phi) is 5.11. The van der Waals surface area contributed by atoms with E-state index in [4.69, 9.17) is 23.2 Å². The highest BCUT2D eigenvalue weighted by Crippen LogP contribution is 2.25. The lowest BCUT2D eigenvalue weighted by Crippen LogP contribution is -2.15. The van der Waals surface area contributed by atoms with Gasteiger partial charge in [-0.05, 0) is 18.2 Å². The van der Waals surface area contributed by atoms with Crippen molar-refractivity contribution in [3.63, 3.8) is 0 Å². The molecule has 1 aromatic rings. The maximum Gasteiger partial charge on any atom is 0.299 e. The zero-order valence-corrected chi connectivity index (χ0v) is 12.8. The number of benzene rings is 1. The lowest BCUT2D eigenvalue weighted by atomic mass is 10.3. The number of carbonyl (C=O) groups excluding carboxylic acids is 2. The predicted octanol–water partition coefficient (Wildman–Crippen LogP) is 3.53. The van der Waals surface area contributed by atoms with E-state index in [2.05, 4.69) is 27.1 Å². The Morgan fingerprint density at radius 3 is 2.71 bits per heavy atom. The number of carbonyl (C=O) groups is 2. The van der Waals surface area contributed by atoms with Crippen LogP contribution in [0.25, 0.3) is 0 Å². The first-order valence-electron chi connectivity index (χ1n) is 5.57. The molecule has 0 unspecified atom stereocenters. The minimum absolute atomic E-state index is 0.0256. The van der Waals surface area contributed by atoms with Crippen molar-refractivity contribution in [3.05, 3.63) is 40.5 Å². The summed E-state index contributed by atoms with van der Waals surface area (Å²) in [4.78, 5) is 26.6. The molecular formula is C12H8Cl2N4O2S. The van der Waals surface area contributed by atoms with Gasteiger partial charge in [0.2, 0.25) is 11.1 Å². The van der Waals surface area contributed by atoms with Crippen LogP contribution in [-0.4, -0.2) is 22.7 Å². The molecule has 0 saturated heterocycles. The Morgan fingerprint density at radius 2 is 2.05 bits per heavy atom. The number of amidine groups is 1. The summed E-state index contributed by atoms with van der Waals surface area (Å²) in [6.45, 7) is 3.37. The monoisotopic (exact) mass is 342 g/mol. The normalized spacial score (nSPS) is 14.1. The first-order chi connectivity index (χ1) is 9.95. The Morgan fingerprint density at radius 1 is 1.29 bits per heavy atom. The minimum Gasteiger partial charge on any atom is -0.325 e. The van der Waals surface area contributed by atoms with Crippen LogP contribution in [-0.2, 0) is 9.59 Å². The second kappa shape index (κ2) is 6.84. The van der Waals surface area contributed by atoms with Crippen molar-refractivity contribution in [1.82, 2.24) is 0 Å². The number of rotatable bonds is 3. The Hall–Kier alpha value is -1.70. The van der Waals surface area contributed by atoms with Crippen LogP contribution in [0.1, 0.15) is 0 Å². The van der Waals surface area contributed by atoms with E-state index < -0.39 is 5.91 Å². The molecule has 9 heteroatoms. The standard InChI is InChI=1S/C12H8Cl2N4O2S/c1-6-11(20)16-12(18-17-6)21-5-10(19)15-7-2-3-8(13)9(14)4-7/h2-4H,1,5H2,(H,15,19). The van der Waals surface area contributed by atoms with E-state index in [1.807, 2.05) is 0 Å². The third kappa shape index (κ3) is 4.38. The van der Waals surface area contributed by atoms with Crippen LogP contribution in [0.2, 0.25) is 10.0 Å². The van der Waals surface area contributed by atoms with Crippen LogP contribution in [0, 0.1) is 0 Å². The largest absolute Gasteiger partial charge is 0.325 e. The highest BCUT2D eigenvalue weighted by Gasteiger charge is 2.15. The summed E-state index contributed by atoms with van der Waals surface area (Å²) in [6, 6.07) is 4.75. The average Bonchev–Trinajstić information content (AvgIpc) is 2.44. The van der Waals surface area contributed by atoms with E-state index in [1.165, 1.54) is 6.07 Å². The second-order valence-corrected chi connectivity index (χ2v) is 5.57. The fourth-order valence-electron chi connectivity index (χ4n) is 1.28. The van der Waals surface area contributed by atoms with Crippen LogP contribution in [0.4, 0.5) is 5.69 Å². The third-order valence-electron chi connectivity index (χ3n) is 2.24. The minimum atomic E-state index is -0.558. The highest BCUT2D eigenvalue weighted by atomic mass is 35.5. The van der Waals surface area contributed by atoms with Gasteiger partial charge in [0, 0.05) is 5.69 Å². The van der Waals surface area contributed by atoms with Crippen LogP contribution >= 0.6 is 35.0 Å². The fourth-order valence-corrected chi connectivity index (χ4v) is 2.16. The molecule has 0 radical (unpaired) electrons. The lowest BCUT2D eigenvalue weighted by molar-refractivity contribution is -0.115. The van der Waals surface area contributed by atoms with Gasteiger partial charge in [-0.3, -0.25) is 9.59 Å². The number of aliphatic imine (C=N–C) groups is 1. The van der Waals surface area contributed by atoms with Crippen molar-refractivity contribution >= 4 is 57.6 Å². The number of nitrogens with one attached hydrogen (secondary N) is 1. The van der Waals surface area contributed by atoms with Gasteiger partial charge in [0.25, 0.3) is 5.91 Å². The Labute approximate surface area is 134 Å². The number of hydrogen-bond donors (Lipinski definition) is 1. The van der Waals surface area contributed by atoms with Crippen molar-refractivity contribution in [2.75, 3.05) is 11.1 Å². The summed E-state index contributed by atoms with van der Waals surface area (Å²) < 4.78 is 0. The van der Waals surface area contributed by atoms with Gasteiger partial charge in [0.05, 0.1) is 15.8 Å². The van der Waals surface area contributed by atoms with Gasteiger partial charge in [-0.25, -0.2) is 0 Å². The summed E-state index contributed by atoms with van der Waals surface area (Å²) in [6.07, 6.45) is 0. The lowest BCUT2D eigenvalue weighted by Gasteiger charge is -2.07. The number of nitrogens with zero attached hydrogens (tertiary/aromatic N) is 3. The summed E-state index contributed by atoms with van der Waals surface area (Å²) in [5.41, 5.74) is 0.492. The maximum absolute atomic E-state index is 11.8. The third-order valence-corrected chi connectivity index (χ3v) is 3.81. The van der Waals surface area contributed by atoms with E-state index in [0.717, 1.165) is 11.8 Å². The molecule has 0 fully saturated rings. The highest BCUT2D eigenvalue weighted by molar-refractivity contribution is 8.14. The van der Waals surface area contributed by atoms with E-state index in [0.29, 0.717) is 15.7 Å². The van der Waals surface area contributed by atoms with Crippen molar-refractivity contribution in [1.29, 1.82) is 0 Å². The van der Waals surface area contributed by atoms with Crippen LogP contribution in [0.3, 0.4) is 0 Å². The number of azo groups is 1. The molecule has 1 heterocycles. The molecule has 2 rings (SSSR count). The number of anilines is 1. The van der Waals surface area contributed by atoms with Gasteiger partial charge in [0.15, 0.2) is 0 Å². The Balaban J connectivity index is 1.89. The van der Waals surface area contributed by atoms with Gasteiger partial charge in [0.1, 0.15) is 5.70 Å². The smallest absolute Gasteiger partial charge is 0.299 e. The molecule has 1 N–H and O–H groups in total. The quantitative estimate of drug-likeness (QED) is 0.852. The van der Waals surface area contributed by atoms with Gasteiger partial charge in [-0.2, -0.15) is 4.99 Å². The average molecular weight is 343 g/mol. The molecule has 1 aromatic carbocycles. The first kappa shape index (κ1) is 15.7. The molecule has 6 nitrogen and oxygen atoms in total. The summed E-state index contributed by atoms with van der Waals surface area (Å²) in [7, 11) is 0. The van der Waals surface area contributed by atoms with Crippen molar-refractivity contribution in [2.45, 2.75) is 0 Å². The maximum atomic E-state index is 11.8. The molecule has 0 bridgehead atoms. The van der Waals surface area contributed by atoms with Crippen molar-refractivity contribution in [3.8, 4) is 0 Å². The van der Waals surface area contributed by atoms with Crippen molar-refractivity contribution < 1.29 is 9.59 Å². The Bertz CT molecular complexity index is 688. The molecular weight excluding hydrogens is 335 g/mol. The molecule has 0 aromatic heterocycles.